The van der Waals surface area contributed by atoms with Crippen molar-refractivity contribution in [2.24, 2.45) is 0 Å². The van der Waals surface area contributed by atoms with E-state index in [2.05, 4.69) is 0 Å². The number of hydrogen-bond acceptors (Lipinski definition) is 3. The Hall–Kier alpha value is -1.99. The highest BCUT2D eigenvalue weighted by Gasteiger charge is 2.45. The number of carbonyl (C=O) groups is 2. The lowest BCUT2D eigenvalue weighted by Crippen LogP contribution is -2.20. The number of hydrogen-bond donors (Lipinski definition) is 0. The molecular formula is C21H25O3P. The molecule has 2 rings (SSSR count). The zero-order valence-corrected chi connectivity index (χ0v) is 16.6. The van der Waals surface area contributed by atoms with Gasteiger partial charge in [0, 0.05) is 16.8 Å². The van der Waals surface area contributed by atoms with E-state index in [1.54, 1.807) is 13.8 Å². The summed E-state index contributed by atoms with van der Waals surface area (Å²) in [5.41, 5.74) is 2.24. The average molecular weight is 356 g/mol. The van der Waals surface area contributed by atoms with Crippen LogP contribution < -0.4 is 0 Å². The van der Waals surface area contributed by atoms with E-state index in [0.29, 0.717) is 11.1 Å². The SMILES string of the molecule is Cc1cccc(C)c1C(=O)P(=O)(C(=O)c1c(C)cccc1C)C(C)C. The van der Waals surface area contributed by atoms with Gasteiger partial charge in [0.2, 0.25) is 18.2 Å². The topological polar surface area (TPSA) is 51.2 Å². The van der Waals surface area contributed by atoms with Crippen molar-refractivity contribution in [3.8, 4) is 0 Å². The second-order valence-corrected chi connectivity index (χ2v) is 10.1. The Labute approximate surface area is 149 Å². The Morgan fingerprint density at radius 3 is 1.24 bits per heavy atom. The van der Waals surface area contributed by atoms with Gasteiger partial charge in [0.25, 0.3) is 0 Å². The molecule has 0 saturated carbocycles. The van der Waals surface area contributed by atoms with E-state index in [4.69, 9.17) is 0 Å². The van der Waals surface area contributed by atoms with Crippen molar-refractivity contribution in [3.63, 3.8) is 0 Å². The maximum Gasteiger partial charge on any atom is 0.229 e. The molecule has 0 saturated heterocycles. The largest absolute Gasteiger partial charge is 0.306 e. The predicted octanol–water partition coefficient (Wildman–Crippen LogP) is 5.67. The minimum Gasteiger partial charge on any atom is -0.306 e. The van der Waals surface area contributed by atoms with Crippen LogP contribution in [0.4, 0.5) is 0 Å². The van der Waals surface area contributed by atoms with E-state index in [-0.39, 0.29) is 0 Å². The highest BCUT2D eigenvalue weighted by Crippen LogP contribution is 2.57. The monoisotopic (exact) mass is 356 g/mol. The van der Waals surface area contributed by atoms with Crippen LogP contribution in [0.15, 0.2) is 36.4 Å². The van der Waals surface area contributed by atoms with Gasteiger partial charge in [-0.15, -0.1) is 0 Å². The molecule has 0 unspecified atom stereocenters. The van der Waals surface area contributed by atoms with Crippen molar-refractivity contribution < 1.29 is 14.2 Å². The van der Waals surface area contributed by atoms with Gasteiger partial charge in [-0.3, -0.25) is 9.59 Å². The molecule has 25 heavy (non-hydrogen) atoms. The maximum atomic E-state index is 13.8. The van der Waals surface area contributed by atoms with Gasteiger partial charge in [-0.1, -0.05) is 50.2 Å². The summed E-state index contributed by atoms with van der Waals surface area (Å²) in [5.74, 6) is 0. The fourth-order valence-electron chi connectivity index (χ4n) is 3.20. The second kappa shape index (κ2) is 7.09. The molecule has 0 aliphatic heterocycles. The Bertz CT molecular complexity index is 786. The lowest BCUT2D eigenvalue weighted by atomic mass is 10.0. The van der Waals surface area contributed by atoms with E-state index < -0.39 is 23.8 Å². The molecule has 2 aromatic carbocycles. The molecule has 0 spiro atoms. The van der Waals surface area contributed by atoms with Crippen LogP contribution in [0.1, 0.15) is 56.8 Å². The quantitative estimate of drug-likeness (QED) is 0.648. The first-order valence-electron chi connectivity index (χ1n) is 8.44. The van der Waals surface area contributed by atoms with Crippen LogP contribution in [0.3, 0.4) is 0 Å². The summed E-state index contributed by atoms with van der Waals surface area (Å²) in [4.78, 5) is 26.6. The van der Waals surface area contributed by atoms with Gasteiger partial charge in [0.15, 0.2) is 0 Å². The average Bonchev–Trinajstić information content (AvgIpc) is 2.53. The van der Waals surface area contributed by atoms with E-state index >= 15 is 0 Å². The summed E-state index contributed by atoms with van der Waals surface area (Å²) in [6.45, 7) is 10.6. The van der Waals surface area contributed by atoms with E-state index in [0.717, 1.165) is 22.3 Å². The first-order valence-corrected chi connectivity index (χ1v) is 10.2. The van der Waals surface area contributed by atoms with Crippen LogP contribution in [0, 0.1) is 27.7 Å². The summed E-state index contributed by atoms with van der Waals surface area (Å²) in [5, 5.41) is 0. The van der Waals surface area contributed by atoms with Crippen molar-refractivity contribution >= 4 is 18.2 Å². The van der Waals surface area contributed by atoms with E-state index in [1.165, 1.54) is 0 Å². The van der Waals surface area contributed by atoms with Gasteiger partial charge < -0.3 is 4.57 Å². The fourth-order valence-corrected chi connectivity index (χ4v) is 5.69. The zero-order chi connectivity index (χ0) is 18.9. The van der Waals surface area contributed by atoms with Crippen LogP contribution >= 0.6 is 7.14 Å². The summed E-state index contributed by atoms with van der Waals surface area (Å²) in [6, 6.07) is 11.0. The minimum atomic E-state index is -3.80. The molecule has 132 valence electrons. The number of carbonyl (C=O) groups excluding carboxylic acids is 2. The fraction of sp³-hybridized carbons (Fsp3) is 0.333. The third-order valence-corrected chi connectivity index (χ3v) is 7.83. The van der Waals surface area contributed by atoms with Gasteiger partial charge in [-0.2, -0.15) is 0 Å². The van der Waals surface area contributed by atoms with E-state index in [9.17, 15) is 14.2 Å². The highest BCUT2D eigenvalue weighted by atomic mass is 31.2. The Kier molecular flexibility index (Phi) is 5.49. The normalized spacial score (nSPS) is 11.6. The highest BCUT2D eigenvalue weighted by molar-refractivity contribution is 7.95. The molecule has 0 N–H and O–H groups in total. The van der Waals surface area contributed by atoms with Gasteiger partial charge in [0.05, 0.1) is 0 Å². The number of benzene rings is 2. The van der Waals surface area contributed by atoms with Gasteiger partial charge in [-0.05, 0) is 49.9 Å². The lowest BCUT2D eigenvalue weighted by Gasteiger charge is -2.23. The van der Waals surface area contributed by atoms with Crippen molar-refractivity contribution in [2.45, 2.75) is 47.2 Å². The summed E-state index contributed by atoms with van der Waals surface area (Å²) in [7, 11) is -3.80. The van der Waals surface area contributed by atoms with Crippen LogP contribution in [-0.2, 0) is 4.57 Å². The molecule has 0 bridgehead atoms. The molecule has 0 atom stereocenters. The summed E-state index contributed by atoms with van der Waals surface area (Å²) >= 11 is 0. The Balaban J connectivity index is 2.70. The first-order chi connectivity index (χ1) is 11.6. The van der Waals surface area contributed by atoms with Crippen LogP contribution in [-0.4, -0.2) is 16.7 Å². The van der Waals surface area contributed by atoms with Crippen molar-refractivity contribution in [1.29, 1.82) is 0 Å². The molecule has 0 radical (unpaired) electrons. The van der Waals surface area contributed by atoms with Crippen LogP contribution in [0.2, 0.25) is 0 Å². The second-order valence-electron chi connectivity index (χ2n) is 6.90. The molecule has 0 aromatic heterocycles. The number of aryl methyl sites for hydroxylation is 4. The third kappa shape index (κ3) is 3.26. The van der Waals surface area contributed by atoms with Crippen LogP contribution in [0.5, 0.6) is 0 Å². The van der Waals surface area contributed by atoms with Gasteiger partial charge in [-0.25, -0.2) is 0 Å². The van der Waals surface area contributed by atoms with Crippen molar-refractivity contribution in [3.05, 3.63) is 69.8 Å². The molecule has 0 aliphatic rings. The standard InChI is InChI=1S/C21H25O3P/c1-13(2)25(24,20(22)18-14(3)9-7-10-15(18)4)21(23)19-16(5)11-8-12-17(19)6/h7-13H,1-6H3. The molecule has 2 aromatic rings. The Morgan fingerprint density at radius 2 is 1.00 bits per heavy atom. The lowest BCUT2D eigenvalue weighted by molar-refractivity contribution is 0.103. The molecule has 0 heterocycles. The van der Waals surface area contributed by atoms with Crippen molar-refractivity contribution in [1.82, 2.24) is 0 Å². The molecule has 0 fully saturated rings. The Morgan fingerprint density at radius 1 is 0.720 bits per heavy atom. The summed E-state index contributed by atoms with van der Waals surface area (Å²) < 4.78 is 13.8. The molecule has 0 aliphatic carbocycles. The molecule has 4 heteroatoms. The zero-order valence-electron chi connectivity index (χ0n) is 15.7. The smallest absolute Gasteiger partial charge is 0.229 e. The van der Waals surface area contributed by atoms with Crippen molar-refractivity contribution in [2.75, 3.05) is 0 Å². The third-order valence-electron chi connectivity index (χ3n) is 4.72. The molecule has 3 nitrogen and oxygen atoms in total. The number of rotatable bonds is 5. The summed E-state index contributed by atoms with van der Waals surface area (Å²) in [6.07, 6.45) is 0. The van der Waals surface area contributed by atoms with E-state index in [1.807, 2.05) is 64.1 Å². The first kappa shape index (κ1) is 19.3. The van der Waals surface area contributed by atoms with Crippen LogP contribution in [0.25, 0.3) is 0 Å². The molecular weight excluding hydrogens is 331 g/mol. The van der Waals surface area contributed by atoms with Gasteiger partial charge in [0.1, 0.15) is 0 Å². The van der Waals surface area contributed by atoms with Gasteiger partial charge >= 0.3 is 0 Å². The predicted molar refractivity (Wildman–Crippen MR) is 103 cm³/mol. The maximum absolute atomic E-state index is 13.8. The molecule has 0 amide bonds. The minimum absolute atomic E-state index is 0.416.